The van der Waals surface area contributed by atoms with E-state index in [9.17, 15) is 19.8 Å². The minimum absolute atomic E-state index is 0.00663. The van der Waals surface area contributed by atoms with Crippen LogP contribution in [0.5, 0.6) is 0 Å². The Bertz CT molecular complexity index is 1510. The minimum Gasteiger partial charge on any atom is -0.465 e. The molecule has 2 aliphatic rings. The van der Waals surface area contributed by atoms with Crippen LogP contribution in [0.25, 0.3) is 26.4 Å². The first-order valence-corrected chi connectivity index (χ1v) is 13.0. The van der Waals surface area contributed by atoms with E-state index in [1.807, 2.05) is 16.5 Å². The van der Waals surface area contributed by atoms with Gasteiger partial charge in [0.05, 0.1) is 34.6 Å². The maximum Gasteiger partial charge on any atom is 0.407 e. The normalized spacial score (nSPS) is 20.6. The van der Waals surface area contributed by atoms with E-state index in [0.29, 0.717) is 40.6 Å². The number of aliphatic hydroxyl groups is 1. The topological polar surface area (TPSA) is 116 Å². The second-order valence-corrected chi connectivity index (χ2v) is 10.5. The van der Waals surface area contributed by atoms with E-state index < -0.39 is 24.1 Å². The van der Waals surface area contributed by atoms with Crippen LogP contribution in [-0.2, 0) is 4.74 Å². The number of rotatable bonds is 4. The van der Waals surface area contributed by atoms with Crippen molar-refractivity contribution in [2.45, 2.75) is 37.5 Å². The van der Waals surface area contributed by atoms with Gasteiger partial charge in [0.1, 0.15) is 5.82 Å². The third-order valence-electron chi connectivity index (χ3n) is 7.09. The number of likely N-dealkylation sites (tertiary alicyclic amines) is 1. The standard InChI is InChI=1S/C26H25FN4O5S/c27-19-9-14(22-11-17(32)12-31(22)26(34)35)1-3-18(19)20-13-30-21-4-2-15(10-23(21)37-25(30)29-20)24(33)28-16-5-7-36-8-6-16/h1-4,9-10,13,16-17,22,32H,5-8,11-12H2,(H,28,33)(H,34,35)/t17-,22+/m0/s1. The van der Waals surface area contributed by atoms with Gasteiger partial charge in [0.25, 0.3) is 5.91 Å². The summed E-state index contributed by atoms with van der Waals surface area (Å²) in [5.74, 6) is -0.620. The van der Waals surface area contributed by atoms with Crippen molar-refractivity contribution >= 4 is 38.5 Å². The van der Waals surface area contributed by atoms with Gasteiger partial charge < -0.3 is 20.3 Å². The number of aliphatic hydroxyl groups excluding tert-OH is 1. The number of thiazole rings is 1. The molecule has 2 amide bonds. The van der Waals surface area contributed by atoms with E-state index in [4.69, 9.17) is 4.74 Å². The lowest BCUT2D eigenvalue weighted by atomic mass is 10.0. The molecule has 2 aromatic heterocycles. The summed E-state index contributed by atoms with van der Waals surface area (Å²) < 4.78 is 23.3. The molecule has 2 saturated heterocycles. The highest BCUT2D eigenvalue weighted by atomic mass is 32.1. The number of benzene rings is 2. The summed E-state index contributed by atoms with van der Waals surface area (Å²) in [5, 5.41) is 22.4. The summed E-state index contributed by atoms with van der Waals surface area (Å²) in [6.45, 7) is 1.32. The quantitative estimate of drug-likeness (QED) is 0.371. The molecule has 37 heavy (non-hydrogen) atoms. The van der Waals surface area contributed by atoms with Crippen molar-refractivity contribution in [2.24, 2.45) is 0 Å². The van der Waals surface area contributed by atoms with Crippen molar-refractivity contribution in [1.29, 1.82) is 0 Å². The highest BCUT2D eigenvalue weighted by molar-refractivity contribution is 7.23. The molecule has 4 heterocycles. The Hall–Kier alpha value is -3.54. The fourth-order valence-electron chi connectivity index (χ4n) is 5.17. The Labute approximate surface area is 215 Å². The third kappa shape index (κ3) is 4.43. The number of carboxylic acid groups (broad SMARTS) is 1. The van der Waals surface area contributed by atoms with E-state index in [1.165, 1.54) is 17.4 Å². The molecular weight excluding hydrogens is 499 g/mol. The highest BCUT2D eigenvalue weighted by Gasteiger charge is 2.35. The maximum atomic E-state index is 15.2. The van der Waals surface area contributed by atoms with Gasteiger partial charge in [0.2, 0.25) is 0 Å². The molecule has 6 rings (SSSR count). The number of hydrogen-bond donors (Lipinski definition) is 3. The predicted octanol–water partition coefficient (Wildman–Crippen LogP) is 4.05. The molecule has 0 unspecified atom stereocenters. The van der Waals surface area contributed by atoms with Gasteiger partial charge in [-0.15, -0.1) is 0 Å². The lowest BCUT2D eigenvalue weighted by molar-refractivity contribution is 0.0696. The number of carbonyl (C=O) groups is 2. The summed E-state index contributed by atoms with van der Waals surface area (Å²) >= 11 is 1.42. The molecule has 0 radical (unpaired) electrons. The predicted molar refractivity (Wildman–Crippen MR) is 135 cm³/mol. The molecular formula is C26H25FN4O5S. The largest absolute Gasteiger partial charge is 0.465 e. The molecule has 11 heteroatoms. The van der Waals surface area contributed by atoms with Crippen LogP contribution in [0.4, 0.5) is 9.18 Å². The van der Waals surface area contributed by atoms with Gasteiger partial charge in [0.15, 0.2) is 4.96 Å². The molecule has 192 valence electrons. The van der Waals surface area contributed by atoms with Crippen LogP contribution in [0.3, 0.4) is 0 Å². The lowest BCUT2D eigenvalue weighted by Gasteiger charge is -2.23. The van der Waals surface area contributed by atoms with Gasteiger partial charge in [-0.1, -0.05) is 17.4 Å². The van der Waals surface area contributed by atoms with Crippen molar-refractivity contribution in [3.8, 4) is 11.3 Å². The molecule has 0 saturated carbocycles. The Kier molecular flexibility index (Phi) is 6.06. The summed E-state index contributed by atoms with van der Waals surface area (Å²) in [4.78, 5) is 30.7. The first-order valence-electron chi connectivity index (χ1n) is 12.1. The lowest BCUT2D eigenvalue weighted by Crippen LogP contribution is -2.38. The molecule has 2 aromatic carbocycles. The molecule has 0 bridgehead atoms. The first-order chi connectivity index (χ1) is 17.9. The Morgan fingerprint density at radius 1 is 1.16 bits per heavy atom. The van der Waals surface area contributed by atoms with Gasteiger partial charge in [-0.2, -0.15) is 0 Å². The average Bonchev–Trinajstić information content (AvgIpc) is 3.56. The molecule has 2 aliphatic heterocycles. The van der Waals surface area contributed by atoms with Crippen LogP contribution in [0.15, 0.2) is 42.6 Å². The highest BCUT2D eigenvalue weighted by Crippen LogP contribution is 2.35. The minimum atomic E-state index is -1.14. The second-order valence-electron chi connectivity index (χ2n) is 9.50. The number of imidazole rings is 1. The van der Waals surface area contributed by atoms with E-state index in [2.05, 4.69) is 10.3 Å². The molecule has 3 N–H and O–H groups in total. The van der Waals surface area contributed by atoms with Crippen molar-refractivity contribution in [3.05, 3.63) is 59.5 Å². The van der Waals surface area contributed by atoms with E-state index >= 15 is 4.39 Å². The zero-order chi connectivity index (χ0) is 25.7. The molecule has 4 aromatic rings. The summed E-state index contributed by atoms with van der Waals surface area (Å²) in [7, 11) is 0. The van der Waals surface area contributed by atoms with Gasteiger partial charge in [-0.05, 0) is 55.2 Å². The molecule has 9 nitrogen and oxygen atoms in total. The van der Waals surface area contributed by atoms with Crippen molar-refractivity contribution < 1.29 is 28.9 Å². The molecule has 2 fully saturated rings. The Morgan fingerprint density at radius 3 is 2.73 bits per heavy atom. The van der Waals surface area contributed by atoms with E-state index in [0.717, 1.165) is 28.0 Å². The zero-order valence-corrected chi connectivity index (χ0v) is 20.6. The zero-order valence-electron chi connectivity index (χ0n) is 19.8. The number of halogens is 1. The second kappa shape index (κ2) is 9.40. The number of β-amino-alcohol motifs (C(OH)–C–C–N with tert-alkyl or cyclic N) is 1. The van der Waals surface area contributed by atoms with Gasteiger partial charge in [-0.25, -0.2) is 14.2 Å². The number of carbonyl (C=O) groups excluding carboxylic acids is 1. The van der Waals surface area contributed by atoms with Crippen molar-refractivity contribution in [1.82, 2.24) is 19.6 Å². The van der Waals surface area contributed by atoms with Crippen molar-refractivity contribution in [3.63, 3.8) is 0 Å². The number of ether oxygens (including phenoxy) is 1. The average molecular weight is 525 g/mol. The molecule has 2 atom stereocenters. The monoisotopic (exact) mass is 524 g/mol. The smallest absolute Gasteiger partial charge is 0.407 e. The van der Waals surface area contributed by atoms with Crippen molar-refractivity contribution in [2.75, 3.05) is 19.8 Å². The number of amides is 2. The fraction of sp³-hybridized carbons (Fsp3) is 0.346. The molecule has 0 aliphatic carbocycles. The van der Waals surface area contributed by atoms with Crippen LogP contribution < -0.4 is 5.32 Å². The van der Waals surface area contributed by atoms with Crippen LogP contribution >= 0.6 is 11.3 Å². The number of nitrogens with zero attached hydrogens (tertiary/aromatic N) is 3. The third-order valence-corrected chi connectivity index (χ3v) is 8.11. The Balaban J connectivity index is 1.25. The van der Waals surface area contributed by atoms with Crippen LogP contribution in [0.1, 0.15) is 41.2 Å². The van der Waals surface area contributed by atoms with Gasteiger partial charge in [0, 0.05) is 36.6 Å². The Morgan fingerprint density at radius 2 is 1.97 bits per heavy atom. The number of hydrogen-bond acceptors (Lipinski definition) is 6. The number of aromatic nitrogens is 2. The van der Waals surface area contributed by atoms with Crippen LogP contribution in [-0.4, -0.2) is 68.4 Å². The summed E-state index contributed by atoms with van der Waals surface area (Å²) in [6.07, 6.45) is 1.69. The summed E-state index contributed by atoms with van der Waals surface area (Å²) in [6, 6.07) is 9.63. The number of fused-ring (bicyclic) bond motifs is 3. The maximum absolute atomic E-state index is 15.2. The van der Waals surface area contributed by atoms with Crippen LogP contribution in [0, 0.1) is 5.82 Å². The van der Waals surface area contributed by atoms with Crippen LogP contribution in [0.2, 0.25) is 0 Å². The van der Waals surface area contributed by atoms with Gasteiger partial charge >= 0.3 is 6.09 Å². The fourth-order valence-corrected chi connectivity index (χ4v) is 6.22. The van der Waals surface area contributed by atoms with E-state index in [1.54, 1.807) is 24.4 Å². The number of nitrogens with one attached hydrogen (secondary N) is 1. The summed E-state index contributed by atoms with van der Waals surface area (Å²) in [5.41, 5.74) is 2.72. The SMILES string of the molecule is O=C(NC1CCOCC1)c1ccc2c(c1)sc1nc(-c3ccc([C@H]4C[C@H](O)CN4C(=O)O)cc3F)cn12. The first kappa shape index (κ1) is 23.8. The van der Waals surface area contributed by atoms with Gasteiger partial charge in [-0.3, -0.25) is 14.1 Å². The molecule has 0 spiro atoms. The van der Waals surface area contributed by atoms with E-state index in [-0.39, 0.29) is 24.9 Å².